The molecule has 0 bridgehead atoms. The highest BCUT2D eigenvalue weighted by atomic mass is 16.5. The maximum absolute atomic E-state index is 12.5. The van der Waals surface area contributed by atoms with E-state index in [2.05, 4.69) is 6.58 Å². The lowest BCUT2D eigenvalue weighted by molar-refractivity contribution is 0.0472. The van der Waals surface area contributed by atoms with E-state index in [9.17, 15) is 14.4 Å². The minimum absolute atomic E-state index is 0.112. The molecule has 148 valence electrons. The van der Waals surface area contributed by atoms with Crippen molar-refractivity contribution < 1.29 is 19.1 Å². The fraction of sp³-hybridized carbons (Fsp3) is 0.0800. The molecule has 1 aliphatic rings. The van der Waals surface area contributed by atoms with Crippen molar-refractivity contribution in [3.63, 3.8) is 0 Å². The van der Waals surface area contributed by atoms with Crippen molar-refractivity contribution in [1.29, 1.82) is 0 Å². The molecule has 30 heavy (non-hydrogen) atoms. The molecule has 0 aromatic heterocycles. The van der Waals surface area contributed by atoms with Crippen LogP contribution in [0.4, 0.5) is 0 Å². The summed E-state index contributed by atoms with van der Waals surface area (Å²) in [6.07, 6.45) is 1.49. The third-order valence-corrected chi connectivity index (χ3v) is 4.95. The number of nitrogens with zero attached hydrogens (tertiary/aromatic N) is 1. The summed E-state index contributed by atoms with van der Waals surface area (Å²) in [6.45, 7) is 3.80. The van der Waals surface area contributed by atoms with Gasteiger partial charge in [-0.25, -0.2) is 4.79 Å². The van der Waals surface area contributed by atoms with E-state index in [1.54, 1.807) is 0 Å². The minimum Gasteiger partial charge on any atom is -0.457 e. The van der Waals surface area contributed by atoms with Crippen LogP contribution in [0.5, 0.6) is 0 Å². The van der Waals surface area contributed by atoms with Gasteiger partial charge >= 0.3 is 5.97 Å². The molecule has 3 aromatic rings. The first-order chi connectivity index (χ1) is 14.6. The number of carbonyl (C=O) groups excluding carboxylic acids is 3. The summed E-state index contributed by atoms with van der Waals surface area (Å²) in [7, 11) is 0. The SMILES string of the molecule is C=CCN1C(=O)c2ccc(C(=O)OCc3ccc(-c4ccccc4)cc3)cc2C1=O. The van der Waals surface area contributed by atoms with Crippen LogP contribution in [0.1, 0.15) is 36.6 Å². The van der Waals surface area contributed by atoms with Gasteiger partial charge in [-0.05, 0) is 34.9 Å². The van der Waals surface area contributed by atoms with Gasteiger partial charge in [0.25, 0.3) is 11.8 Å². The van der Waals surface area contributed by atoms with E-state index < -0.39 is 11.9 Å². The number of ether oxygens (including phenoxy) is 1. The van der Waals surface area contributed by atoms with Gasteiger partial charge in [0.1, 0.15) is 6.61 Å². The quantitative estimate of drug-likeness (QED) is 0.349. The zero-order valence-corrected chi connectivity index (χ0v) is 16.2. The Labute approximate surface area is 174 Å². The molecular weight excluding hydrogens is 378 g/mol. The highest BCUT2D eigenvalue weighted by Crippen LogP contribution is 2.25. The normalized spacial score (nSPS) is 12.6. The number of rotatable bonds is 6. The molecule has 0 aliphatic carbocycles. The Balaban J connectivity index is 1.44. The number of hydrogen-bond acceptors (Lipinski definition) is 4. The molecule has 5 nitrogen and oxygen atoms in total. The third kappa shape index (κ3) is 3.65. The monoisotopic (exact) mass is 397 g/mol. The highest BCUT2D eigenvalue weighted by molar-refractivity contribution is 6.22. The molecule has 1 heterocycles. The molecule has 0 atom stereocenters. The molecule has 3 aromatic carbocycles. The van der Waals surface area contributed by atoms with Crippen LogP contribution >= 0.6 is 0 Å². The van der Waals surface area contributed by atoms with E-state index in [1.165, 1.54) is 24.3 Å². The molecular formula is C25H19NO4. The van der Waals surface area contributed by atoms with E-state index in [-0.39, 0.29) is 35.7 Å². The molecule has 0 unspecified atom stereocenters. The van der Waals surface area contributed by atoms with Crippen LogP contribution in [0.2, 0.25) is 0 Å². The Morgan fingerprint density at radius 1 is 0.867 bits per heavy atom. The van der Waals surface area contributed by atoms with Crippen molar-refractivity contribution in [2.24, 2.45) is 0 Å². The van der Waals surface area contributed by atoms with Crippen LogP contribution < -0.4 is 0 Å². The largest absolute Gasteiger partial charge is 0.457 e. The molecule has 5 heteroatoms. The summed E-state index contributed by atoms with van der Waals surface area (Å²) in [6, 6.07) is 22.2. The summed E-state index contributed by atoms with van der Waals surface area (Å²) in [5.41, 5.74) is 3.78. The van der Waals surface area contributed by atoms with Crippen molar-refractivity contribution in [1.82, 2.24) is 4.90 Å². The van der Waals surface area contributed by atoms with Gasteiger partial charge < -0.3 is 4.74 Å². The van der Waals surface area contributed by atoms with Crippen LogP contribution in [0.25, 0.3) is 11.1 Å². The Bertz CT molecular complexity index is 1130. The Hall–Kier alpha value is -3.99. The number of imide groups is 1. The van der Waals surface area contributed by atoms with Crippen LogP contribution in [-0.4, -0.2) is 29.2 Å². The Morgan fingerprint density at radius 3 is 2.23 bits per heavy atom. The molecule has 0 saturated carbocycles. The Morgan fingerprint density at radius 2 is 1.53 bits per heavy atom. The van der Waals surface area contributed by atoms with Crippen molar-refractivity contribution in [2.45, 2.75) is 6.61 Å². The van der Waals surface area contributed by atoms with Crippen molar-refractivity contribution in [3.05, 3.63) is 108 Å². The van der Waals surface area contributed by atoms with Crippen molar-refractivity contribution >= 4 is 17.8 Å². The standard InChI is InChI=1S/C25H19NO4/c1-2-14-26-23(27)21-13-12-20(15-22(21)24(26)28)25(29)30-16-17-8-10-19(11-9-17)18-6-4-3-5-7-18/h2-13,15H,1,14,16H2. The van der Waals surface area contributed by atoms with E-state index in [0.29, 0.717) is 0 Å². The van der Waals surface area contributed by atoms with E-state index >= 15 is 0 Å². The van der Waals surface area contributed by atoms with Crippen molar-refractivity contribution in [3.8, 4) is 11.1 Å². The topological polar surface area (TPSA) is 63.7 Å². The summed E-state index contributed by atoms with van der Waals surface area (Å²) in [5.74, 6) is -1.36. The number of hydrogen-bond donors (Lipinski definition) is 0. The zero-order valence-electron chi connectivity index (χ0n) is 16.2. The van der Waals surface area contributed by atoms with Crippen LogP contribution in [0, 0.1) is 0 Å². The predicted molar refractivity (Wildman–Crippen MR) is 113 cm³/mol. The van der Waals surface area contributed by atoms with Crippen LogP contribution in [0.15, 0.2) is 85.5 Å². The Kier molecular flexibility index (Phi) is 5.26. The zero-order chi connectivity index (χ0) is 21.1. The van der Waals surface area contributed by atoms with Crippen LogP contribution in [0.3, 0.4) is 0 Å². The second-order valence-corrected chi connectivity index (χ2v) is 6.91. The lowest BCUT2D eigenvalue weighted by atomic mass is 10.0. The van der Waals surface area contributed by atoms with Gasteiger partial charge in [0.2, 0.25) is 0 Å². The second-order valence-electron chi connectivity index (χ2n) is 6.91. The molecule has 0 fully saturated rings. The maximum Gasteiger partial charge on any atom is 0.338 e. The smallest absolute Gasteiger partial charge is 0.338 e. The van der Waals surface area contributed by atoms with Gasteiger partial charge in [-0.2, -0.15) is 0 Å². The predicted octanol–water partition coefficient (Wildman–Crippen LogP) is 4.49. The van der Waals surface area contributed by atoms with Crippen LogP contribution in [-0.2, 0) is 11.3 Å². The molecule has 1 aliphatic heterocycles. The number of fused-ring (bicyclic) bond motifs is 1. The second kappa shape index (κ2) is 8.17. The van der Waals surface area contributed by atoms with Gasteiger partial charge in [0, 0.05) is 6.54 Å². The molecule has 2 amide bonds. The van der Waals surface area contributed by atoms with E-state index in [0.717, 1.165) is 21.6 Å². The highest BCUT2D eigenvalue weighted by Gasteiger charge is 2.35. The fourth-order valence-corrected chi connectivity index (χ4v) is 3.37. The minimum atomic E-state index is -0.549. The number of amides is 2. The summed E-state index contributed by atoms with van der Waals surface area (Å²) < 4.78 is 5.39. The van der Waals surface area contributed by atoms with Gasteiger partial charge in [0.05, 0.1) is 16.7 Å². The molecule has 0 N–H and O–H groups in total. The molecule has 0 spiro atoms. The summed E-state index contributed by atoms with van der Waals surface area (Å²) in [5, 5.41) is 0. The van der Waals surface area contributed by atoms with E-state index in [1.807, 2.05) is 54.6 Å². The number of carbonyl (C=O) groups is 3. The first kappa shape index (κ1) is 19.3. The van der Waals surface area contributed by atoms with E-state index in [4.69, 9.17) is 4.74 Å². The van der Waals surface area contributed by atoms with Gasteiger partial charge in [0.15, 0.2) is 0 Å². The summed E-state index contributed by atoms with van der Waals surface area (Å²) >= 11 is 0. The van der Waals surface area contributed by atoms with Gasteiger partial charge in [-0.3, -0.25) is 14.5 Å². The maximum atomic E-state index is 12.5. The molecule has 0 saturated heterocycles. The van der Waals surface area contributed by atoms with Crippen molar-refractivity contribution in [2.75, 3.05) is 6.54 Å². The average molecular weight is 397 g/mol. The van der Waals surface area contributed by atoms with Gasteiger partial charge in [-0.1, -0.05) is 60.7 Å². The third-order valence-electron chi connectivity index (χ3n) is 4.95. The number of esters is 1. The number of benzene rings is 3. The molecule has 0 radical (unpaired) electrons. The fourth-order valence-electron chi connectivity index (χ4n) is 3.37. The molecule has 4 rings (SSSR count). The first-order valence-electron chi connectivity index (χ1n) is 9.51. The lowest BCUT2D eigenvalue weighted by Crippen LogP contribution is -2.29. The lowest BCUT2D eigenvalue weighted by Gasteiger charge is -2.09. The summed E-state index contributed by atoms with van der Waals surface area (Å²) in [4.78, 5) is 38.2. The van der Waals surface area contributed by atoms with Gasteiger partial charge in [-0.15, -0.1) is 6.58 Å². The average Bonchev–Trinajstić information content (AvgIpc) is 3.03. The first-order valence-corrected chi connectivity index (χ1v) is 9.51.